The summed E-state index contributed by atoms with van der Waals surface area (Å²) in [6.45, 7) is 0. The molecule has 0 spiro atoms. The van der Waals surface area contributed by atoms with Crippen molar-refractivity contribution in [3.8, 4) is 5.75 Å². The van der Waals surface area contributed by atoms with Gasteiger partial charge in [0.2, 0.25) is 0 Å². The van der Waals surface area contributed by atoms with E-state index in [1.807, 2.05) is 30.3 Å². The standard InChI is InChI=1S/C14H11N3O/c18-13-4-2-8-16-14(13)17-11-5-6-12-10(9-11)3-1-7-15-12/h1-9,18H,(H,16,17). The molecule has 0 aliphatic carbocycles. The number of rotatable bonds is 2. The molecule has 0 aliphatic heterocycles. The van der Waals surface area contributed by atoms with Crippen molar-refractivity contribution in [3.63, 3.8) is 0 Å². The quantitative estimate of drug-likeness (QED) is 0.719. The summed E-state index contributed by atoms with van der Waals surface area (Å²) in [6.07, 6.45) is 3.39. The van der Waals surface area contributed by atoms with Crippen LogP contribution in [0.25, 0.3) is 10.9 Å². The fraction of sp³-hybridized carbons (Fsp3) is 0. The molecule has 88 valence electrons. The van der Waals surface area contributed by atoms with Gasteiger partial charge >= 0.3 is 0 Å². The lowest BCUT2D eigenvalue weighted by molar-refractivity contribution is 0.475. The van der Waals surface area contributed by atoms with E-state index in [1.165, 1.54) is 0 Å². The highest BCUT2D eigenvalue weighted by Gasteiger charge is 2.02. The molecule has 2 heterocycles. The van der Waals surface area contributed by atoms with Gasteiger partial charge in [0, 0.05) is 23.5 Å². The average molecular weight is 237 g/mol. The monoisotopic (exact) mass is 237 g/mol. The number of aromatic nitrogens is 2. The minimum absolute atomic E-state index is 0.129. The first-order valence-electron chi connectivity index (χ1n) is 5.59. The molecule has 0 radical (unpaired) electrons. The van der Waals surface area contributed by atoms with Gasteiger partial charge in [-0.25, -0.2) is 4.98 Å². The lowest BCUT2D eigenvalue weighted by Crippen LogP contribution is -1.93. The third-order valence-corrected chi connectivity index (χ3v) is 2.65. The Hall–Kier alpha value is -2.62. The molecule has 0 amide bonds. The Morgan fingerprint density at radius 2 is 1.78 bits per heavy atom. The van der Waals surface area contributed by atoms with E-state index in [0.29, 0.717) is 5.82 Å². The zero-order chi connectivity index (χ0) is 12.4. The summed E-state index contributed by atoms with van der Waals surface area (Å²) < 4.78 is 0. The molecule has 2 aromatic heterocycles. The van der Waals surface area contributed by atoms with Gasteiger partial charge in [-0.2, -0.15) is 0 Å². The van der Waals surface area contributed by atoms with E-state index in [9.17, 15) is 5.11 Å². The highest BCUT2D eigenvalue weighted by atomic mass is 16.3. The molecule has 18 heavy (non-hydrogen) atoms. The number of hydrogen-bond donors (Lipinski definition) is 2. The van der Waals surface area contributed by atoms with Crippen LogP contribution in [0.15, 0.2) is 54.9 Å². The van der Waals surface area contributed by atoms with E-state index in [2.05, 4.69) is 15.3 Å². The van der Waals surface area contributed by atoms with E-state index < -0.39 is 0 Å². The Labute approximate surface area is 104 Å². The fourth-order valence-electron chi connectivity index (χ4n) is 1.78. The third kappa shape index (κ3) is 1.96. The SMILES string of the molecule is Oc1cccnc1Nc1ccc2ncccc2c1. The maximum absolute atomic E-state index is 9.65. The normalized spacial score (nSPS) is 10.4. The molecule has 1 aromatic carbocycles. The van der Waals surface area contributed by atoms with Crippen LogP contribution in [0.3, 0.4) is 0 Å². The van der Waals surface area contributed by atoms with Gasteiger partial charge in [-0.3, -0.25) is 4.98 Å². The molecule has 4 heteroatoms. The summed E-state index contributed by atoms with van der Waals surface area (Å²) in [6, 6.07) is 13.0. The van der Waals surface area contributed by atoms with Crippen LogP contribution in [0, 0.1) is 0 Å². The molecule has 0 bridgehead atoms. The van der Waals surface area contributed by atoms with Gasteiger partial charge in [-0.15, -0.1) is 0 Å². The summed E-state index contributed by atoms with van der Waals surface area (Å²) in [5.41, 5.74) is 1.80. The van der Waals surface area contributed by atoms with Gasteiger partial charge in [0.15, 0.2) is 11.6 Å². The van der Waals surface area contributed by atoms with Crippen LogP contribution >= 0.6 is 0 Å². The first-order valence-corrected chi connectivity index (χ1v) is 5.59. The molecule has 0 aliphatic rings. The molecular weight excluding hydrogens is 226 g/mol. The van der Waals surface area contributed by atoms with E-state index >= 15 is 0 Å². The van der Waals surface area contributed by atoms with Crippen molar-refractivity contribution in [2.75, 3.05) is 5.32 Å². The summed E-state index contributed by atoms with van der Waals surface area (Å²) >= 11 is 0. The summed E-state index contributed by atoms with van der Waals surface area (Å²) in [5, 5.41) is 13.8. The van der Waals surface area contributed by atoms with Crippen LogP contribution in [0.1, 0.15) is 0 Å². The first kappa shape index (κ1) is 10.5. The Kier molecular flexibility index (Phi) is 2.53. The molecule has 0 saturated carbocycles. The third-order valence-electron chi connectivity index (χ3n) is 2.65. The largest absolute Gasteiger partial charge is 0.504 e. The number of aromatic hydroxyl groups is 1. The molecule has 4 nitrogen and oxygen atoms in total. The molecule has 3 rings (SSSR count). The minimum Gasteiger partial charge on any atom is -0.504 e. The van der Waals surface area contributed by atoms with Crippen LogP contribution < -0.4 is 5.32 Å². The number of nitrogens with one attached hydrogen (secondary N) is 1. The Bertz CT molecular complexity index is 697. The molecule has 0 fully saturated rings. The van der Waals surface area contributed by atoms with E-state index in [0.717, 1.165) is 16.6 Å². The minimum atomic E-state index is 0.129. The zero-order valence-corrected chi connectivity index (χ0v) is 9.54. The highest BCUT2D eigenvalue weighted by Crippen LogP contribution is 2.25. The van der Waals surface area contributed by atoms with Crippen LogP contribution in [0.2, 0.25) is 0 Å². The first-order chi connectivity index (χ1) is 8.83. The molecule has 2 N–H and O–H groups in total. The van der Waals surface area contributed by atoms with E-state index in [4.69, 9.17) is 0 Å². The second kappa shape index (κ2) is 4.33. The van der Waals surface area contributed by atoms with Gasteiger partial charge in [-0.05, 0) is 36.4 Å². The van der Waals surface area contributed by atoms with Crippen LogP contribution in [-0.2, 0) is 0 Å². The molecule has 0 unspecified atom stereocenters. The predicted octanol–water partition coefficient (Wildman–Crippen LogP) is 3.08. The number of fused-ring (bicyclic) bond motifs is 1. The van der Waals surface area contributed by atoms with Crippen molar-refractivity contribution in [2.24, 2.45) is 0 Å². The average Bonchev–Trinajstić information content (AvgIpc) is 2.41. The summed E-state index contributed by atoms with van der Waals surface area (Å²) in [7, 11) is 0. The smallest absolute Gasteiger partial charge is 0.172 e. The molecule has 0 atom stereocenters. The van der Waals surface area contributed by atoms with Gasteiger partial charge < -0.3 is 10.4 Å². The van der Waals surface area contributed by atoms with E-state index in [-0.39, 0.29) is 5.75 Å². The van der Waals surface area contributed by atoms with Gasteiger partial charge in [0.1, 0.15) is 0 Å². The second-order valence-corrected chi connectivity index (χ2v) is 3.91. The zero-order valence-electron chi connectivity index (χ0n) is 9.54. The molecular formula is C14H11N3O. The number of pyridine rings is 2. The topological polar surface area (TPSA) is 58.0 Å². The van der Waals surface area contributed by atoms with Gasteiger partial charge in [0.25, 0.3) is 0 Å². The van der Waals surface area contributed by atoms with Gasteiger partial charge in [0.05, 0.1) is 5.52 Å². The van der Waals surface area contributed by atoms with Gasteiger partial charge in [-0.1, -0.05) is 6.07 Å². The number of anilines is 2. The molecule has 3 aromatic rings. The number of benzene rings is 1. The van der Waals surface area contributed by atoms with Crippen LogP contribution in [-0.4, -0.2) is 15.1 Å². The van der Waals surface area contributed by atoms with Crippen molar-refractivity contribution in [2.45, 2.75) is 0 Å². The fourth-order valence-corrected chi connectivity index (χ4v) is 1.78. The lowest BCUT2D eigenvalue weighted by Gasteiger charge is -2.07. The summed E-state index contributed by atoms with van der Waals surface area (Å²) in [5.74, 6) is 0.574. The Morgan fingerprint density at radius 1 is 0.944 bits per heavy atom. The second-order valence-electron chi connectivity index (χ2n) is 3.91. The van der Waals surface area contributed by atoms with Crippen molar-refractivity contribution in [3.05, 3.63) is 54.9 Å². The van der Waals surface area contributed by atoms with Crippen molar-refractivity contribution >= 4 is 22.4 Å². The maximum Gasteiger partial charge on any atom is 0.172 e. The number of hydrogen-bond acceptors (Lipinski definition) is 4. The van der Waals surface area contributed by atoms with Crippen LogP contribution in [0.5, 0.6) is 5.75 Å². The lowest BCUT2D eigenvalue weighted by atomic mass is 10.2. The Morgan fingerprint density at radius 3 is 2.67 bits per heavy atom. The molecule has 0 saturated heterocycles. The predicted molar refractivity (Wildman–Crippen MR) is 70.9 cm³/mol. The Balaban J connectivity index is 1.98. The van der Waals surface area contributed by atoms with Crippen molar-refractivity contribution < 1.29 is 5.11 Å². The highest BCUT2D eigenvalue weighted by molar-refractivity contribution is 5.83. The van der Waals surface area contributed by atoms with Crippen LogP contribution in [0.4, 0.5) is 11.5 Å². The van der Waals surface area contributed by atoms with E-state index in [1.54, 1.807) is 24.5 Å². The maximum atomic E-state index is 9.65. The summed E-state index contributed by atoms with van der Waals surface area (Å²) in [4.78, 5) is 8.33. The number of nitrogens with zero attached hydrogens (tertiary/aromatic N) is 2. The van der Waals surface area contributed by atoms with Crippen molar-refractivity contribution in [1.82, 2.24) is 9.97 Å². The van der Waals surface area contributed by atoms with Crippen molar-refractivity contribution in [1.29, 1.82) is 0 Å².